The van der Waals surface area contributed by atoms with Crippen molar-refractivity contribution < 1.29 is 27.7 Å². The van der Waals surface area contributed by atoms with E-state index in [9.17, 15) is 8.63 Å². The molecule has 0 unspecified atom stereocenters. The van der Waals surface area contributed by atoms with E-state index < -0.39 is 7.04 Å². The number of methoxy groups -OCH3 is 2. The maximum Gasteiger partial charge on any atom is 0.827 e. The molecule has 24 heavy (non-hydrogen) atoms. The van der Waals surface area contributed by atoms with E-state index in [1.54, 1.807) is 68.8 Å². The van der Waals surface area contributed by atoms with Crippen molar-refractivity contribution >= 4 is 18.5 Å². The maximum atomic E-state index is 14.0. The van der Waals surface area contributed by atoms with Crippen LogP contribution in [0.25, 0.3) is 5.76 Å². The average molecular weight is 331 g/mol. The minimum atomic E-state index is -4.20. The highest BCUT2D eigenvalue weighted by Crippen LogP contribution is 2.24. The molecule has 0 fully saturated rings. The van der Waals surface area contributed by atoms with Crippen molar-refractivity contribution in [2.75, 3.05) is 14.2 Å². The lowest BCUT2D eigenvalue weighted by atomic mass is 9.98. The van der Waals surface area contributed by atoms with Crippen molar-refractivity contribution in [1.82, 2.24) is 0 Å². The van der Waals surface area contributed by atoms with Crippen molar-refractivity contribution in [3.8, 4) is 11.5 Å². The van der Waals surface area contributed by atoms with Crippen molar-refractivity contribution in [3.05, 3.63) is 65.7 Å². The fourth-order valence-electron chi connectivity index (χ4n) is 2.42. The van der Waals surface area contributed by atoms with E-state index in [0.717, 1.165) is 0 Å². The van der Waals surface area contributed by atoms with Crippen molar-refractivity contribution in [1.29, 1.82) is 0 Å². The predicted molar refractivity (Wildman–Crippen MR) is 88.1 cm³/mol. The standard InChI is InChI=1S/C17H16BF2NO3/c1-22-14-7-3-12(4-8-14)16-11-17(24-18(19,20)21-16)13-5-9-15(23-2)10-6-13/h3-11,21H,1-2H3. The first-order chi connectivity index (χ1) is 11.5. The van der Waals surface area contributed by atoms with Crippen molar-refractivity contribution in [2.45, 2.75) is 0 Å². The zero-order valence-electron chi connectivity index (χ0n) is 13.3. The first kappa shape index (κ1) is 16.0. The molecule has 0 saturated heterocycles. The lowest BCUT2D eigenvalue weighted by molar-refractivity contribution is -0.360. The van der Waals surface area contributed by atoms with E-state index in [1.165, 1.54) is 0 Å². The van der Waals surface area contributed by atoms with Gasteiger partial charge < -0.3 is 27.7 Å². The van der Waals surface area contributed by atoms with Gasteiger partial charge in [0.15, 0.2) is 5.71 Å². The Morgan fingerprint density at radius 1 is 0.833 bits per heavy atom. The summed E-state index contributed by atoms with van der Waals surface area (Å²) < 4.78 is 43.0. The van der Waals surface area contributed by atoms with Gasteiger partial charge in [-0.05, 0) is 48.5 Å². The van der Waals surface area contributed by atoms with Crippen LogP contribution in [0.15, 0.2) is 54.6 Å². The minimum absolute atomic E-state index is 0.104. The van der Waals surface area contributed by atoms with Crippen LogP contribution in [-0.4, -0.2) is 27.0 Å². The number of halogens is 2. The van der Waals surface area contributed by atoms with Crippen molar-refractivity contribution in [2.24, 2.45) is 0 Å². The van der Waals surface area contributed by atoms with Gasteiger partial charge >= 0.3 is 7.04 Å². The summed E-state index contributed by atoms with van der Waals surface area (Å²) in [6, 6.07) is 13.6. The molecule has 0 saturated carbocycles. The molecule has 3 rings (SSSR count). The molecule has 0 spiro atoms. The van der Waals surface area contributed by atoms with E-state index in [4.69, 9.17) is 14.1 Å². The van der Waals surface area contributed by atoms with Crippen LogP contribution < -0.4 is 14.4 Å². The molecule has 1 aliphatic rings. The highest BCUT2D eigenvalue weighted by atomic mass is 19.3. The van der Waals surface area contributed by atoms with Crippen molar-refractivity contribution in [3.63, 3.8) is 0 Å². The SMILES string of the molecule is COc1ccc(C2=CC(c3ccc(OC)cc3)=[NH+][B-](F)(F)O2)cc1. The molecule has 0 atom stereocenters. The molecule has 2 aromatic carbocycles. The second-order valence-electron chi connectivity index (χ2n) is 5.24. The molecule has 1 heterocycles. The predicted octanol–water partition coefficient (Wildman–Crippen LogP) is 2.02. The molecule has 1 aliphatic heterocycles. The largest absolute Gasteiger partial charge is 0.827 e. The number of hydrogen-bond acceptors (Lipinski definition) is 3. The smallest absolute Gasteiger partial charge is 0.599 e. The molecule has 2 aromatic rings. The molecular weight excluding hydrogens is 315 g/mol. The molecular formula is C17H16BF2NO3. The topological polar surface area (TPSA) is 41.7 Å². The van der Waals surface area contributed by atoms with Crippen LogP contribution in [0.3, 0.4) is 0 Å². The van der Waals surface area contributed by atoms with E-state index in [1.807, 2.05) is 0 Å². The summed E-state index contributed by atoms with van der Waals surface area (Å²) in [5.41, 5.74) is 1.45. The summed E-state index contributed by atoms with van der Waals surface area (Å²) in [6.07, 6.45) is 1.56. The lowest BCUT2D eigenvalue weighted by Crippen LogP contribution is -2.90. The molecule has 4 nitrogen and oxygen atoms in total. The number of allylic oxidation sites excluding steroid dienone is 1. The molecule has 0 bridgehead atoms. The fraction of sp³-hybridized carbons (Fsp3) is 0.118. The number of ether oxygens (including phenoxy) is 2. The van der Waals surface area contributed by atoms with Gasteiger partial charge in [0.2, 0.25) is 0 Å². The van der Waals surface area contributed by atoms with Gasteiger partial charge in [0.1, 0.15) is 11.5 Å². The van der Waals surface area contributed by atoms with Crippen LogP contribution in [0.2, 0.25) is 0 Å². The second-order valence-corrected chi connectivity index (χ2v) is 5.24. The first-order valence-electron chi connectivity index (χ1n) is 7.36. The summed E-state index contributed by atoms with van der Waals surface area (Å²) in [5, 5.41) is 0. The normalized spacial score (nSPS) is 15.8. The van der Waals surface area contributed by atoms with Gasteiger partial charge in [-0.2, -0.15) is 0 Å². The third kappa shape index (κ3) is 3.40. The summed E-state index contributed by atoms with van der Waals surface area (Å²) in [6.45, 7) is 0. The molecule has 7 heteroatoms. The third-order valence-corrected chi connectivity index (χ3v) is 3.65. The van der Waals surface area contributed by atoms with E-state index >= 15 is 0 Å². The van der Waals surface area contributed by atoms with Gasteiger partial charge in [0.25, 0.3) is 0 Å². The zero-order chi connectivity index (χ0) is 17.2. The monoisotopic (exact) mass is 331 g/mol. The van der Waals surface area contributed by atoms with Crippen LogP contribution in [-0.2, 0) is 4.65 Å². The van der Waals surface area contributed by atoms with Gasteiger partial charge in [0.05, 0.1) is 20.0 Å². The number of hydrogen-bond donors (Lipinski definition) is 1. The molecule has 0 aliphatic carbocycles. The van der Waals surface area contributed by atoms with Gasteiger partial charge in [-0.15, -0.1) is 0 Å². The van der Waals surface area contributed by atoms with Gasteiger partial charge in [0, 0.05) is 17.2 Å². The Bertz CT molecular complexity index is 786. The Morgan fingerprint density at radius 3 is 1.83 bits per heavy atom. The Labute approximate surface area is 138 Å². The number of benzene rings is 2. The zero-order valence-corrected chi connectivity index (χ0v) is 13.3. The summed E-state index contributed by atoms with van der Waals surface area (Å²) >= 11 is 0. The Kier molecular flexibility index (Phi) is 4.25. The minimum Gasteiger partial charge on any atom is -0.599 e. The van der Waals surface area contributed by atoms with E-state index in [0.29, 0.717) is 28.3 Å². The Hall–Kier alpha value is -2.83. The highest BCUT2D eigenvalue weighted by molar-refractivity contribution is 6.52. The summed E-state index contributed by atoms with van der Waals surface area (Å²) in [4.78, 5) is 2.15. The molecule has 1 N–H and O–H groups in total. The Balaban J connectivity index is 1.97. The molecule has 0 amide bonds. The lowest BCUT2D eigenvalue weighted by Gasteiger charge is -2.24. The third-order valence-electron chi connectivity index (χ3n) is 3.65. The summed E-state index contributed by atoms with van der Waals surface area (Å²) in [5.74, 6) is 1.40. The maximum absolute atomic E-state index is 14.0. The quantitative estimate of drug-likeness (QED) is 0.872. The van der Waals surface area contributed by atoms with E-state index in [-0.39, 0.29) is 5.76 Å². The number of nitrogens with one attached hydrogen (secondary N) is 1. The summed E-state index contributed by atoms with van der Waals surface area (Å²) in [7, 11) is -1.10. The second kappa shape index (κ2) is 6.35. The van der Waals surface area contributed by atoms with Crippen LogP contribution in [0.5, 0.6) is 11.5 Å². The first-order valence-corrected chi connectivity index (χ1v) is 7.36. The van der Waals surface area contributed by atoms with Crippen LogP contribution in [0.1, 0.15) is 11.1 Å². The average Bonchev–Trinajstić information content (AvgIpc) is 2.60. The van der Waals surface area contributed by atoms with Crippen LogP contribution >= 0.6 is 0 Å². The van der Waals surface area contributed by atoms with Gasteiger partial charge in [-0.1, -0.05) is 0 Å². The Morgan fingerprint density at radius 2 is 1.33 bits per heavy atom. The molecule has 0 aromatic heterocycles. The highest BCUT2D eigenvalue weighted by Gasteiger charge is 2.43. The van der Waals surface area contributed by atoms with E-state index in [2.05, 4.69) is 4.90 Å². The fourth-order valence-corrected chi connectivity index (χ4v) is 2.42. The van der Waals surface area contributed by atoms with Crippen LogP contribution in [0.4, 0.5) is 8.63 Å². The molecule has 0 radical (unpaired) electrons. The number of rotatable bonds is 4. The van der Waals surface area contributed by atoms with Gasteiger partial charge in [-0.25, -0.2) is 0 Å². The van der Waals surface area contributed by atoms with Gasteiger partial charge in [-0.3, -0.25) is 0 Å². The van der Waals surface area contributed by atoms with Crippen LogP contribution in [0, 0.1) is 0 Å². The molecule has 124 valence electrons.